The van der Waals surface area contributed by atoms with Gasteiger partial charge in [0.1, 0.15) is 23.7 Å². The Morgan fingerprint density at radius 3 is 2.31 bits per heavy atom. The molecule has 266 valence electrons. The lowest BCUT2D eigenvalue weighted by molar-refractivity contribution is -0.135. The van der Waals surface area contributed by atoms with Gasteiger partial charge in [0.05, 0.1) is 24.1 Å². The van der Waals surface area contributed by atoms with Crippen molar-refractivity contribution < 1.29 is 51.4 Å². The van der Waals surface area contributed by atoms with Gasteiger partial charge in [-0.2, -0.15) is 0 Å². The summed E-state index contributed by atoms with van der Waals surface area (Å²) in [6, 6.07) is 14.4. The highest BCUT2D eigenvalue weighted by Gasteiger charge is 2.34. The van der Waals surface area contributed by atoms with Crippen molar-refractivity contribution >= 4 is 56.2 Å². The number of sulfonamides is 1. The van der Waals surface area contributed by atoms with Crippen molar-refractivity contribution in [2.45, 2.75) is 25.3 Å². The zero-order valence-electron chi connectivity index (χ0n) is 27.4. The van der Waals surface area contributed by atoms with Crippen LogP contribution in [0.3, 0.4) is 0 Å². The minimum atomic E-state index is -4.07. The first kappa shape index (κ1) is 36.3. The van der Waals surface area contributed by atoms with E-state index in [9.17, 15) is 41.9 Å². The SMILES string of the molecule is CNC(=O)c1c(-c2ccc(F)cc2)oc2cc(N(CC(=O)NCC(=O)NCc3cccc(C(=O)/C=C(\O)C(=O)O)c3)S(C)(=O)=O)c(C3CC3)cc12. The summed E-state index contributed by atoms with van der Waals surface area (Å²) in [6.07, 6.45) is 2.99. The van der Waals surface area contributed by atoms with Crippen molar-refractivity contribution in [2.24, 2.45) is 0 Å². The number of carbonyl (C=O) groups excluding carboxylic acids is 4. The number of hydrogen-bond acceptors (Lipinski definition) is 9. The predicted octanol–water partition coefficient (Wildman–Crippen LogP) is 3.38. The molecule has 3 amide bonds. The van der Waals surface area contributed by atoms with Crippen LogP contribution in [-0.2, 0) is 31.0 Å². The Balaban J connectivity index is 1.33. The van der Waals surface area contributed by atoms with Gasteiger partial charge in [-0.1, -0.05) is 18.2 Å². The number of ketones is 1. The molecular formula is C35H33FN4O10S. The van der Waals surface area contributed by atoms with E-state index >= 15 is 0 Å². The molecular weight excluding hydrogens is 687 g/mol. The molecule has 51 heavy (non-hydrogen) atoms. The smallest absolute Gasteiger partial charge is 0.371 e. The summed E-state index contributed by atoms with van der Waals surface area (Å²) in [5.41, 5.74) is 2.08. The van der Waals surface area contributed by atoms with E-state index in [1.165, 1.54) is 55.6 Å². The Morgan fingerprint density at radius 2 is 1.69 bits per heavy atom. The fraction of sp³-hybridized carbons (Fsp3) is 0.229. The maximum atomic E-state index is 13.7. The first-order valence-corrected chi connectivity index (χ1v) is 17.4. The third kappa shape index (κ3) is 8.59. The Hall–Kier alpha value is -6.03. The number of carboxylic acid groups (broad SMARTS) is 1. The van der Waals surface area contributed by atoms with Crippen molar-refractivity contribution in [1.82, 2.24) is 16.0 Å². The highest BCUT2D eigenvalue weighted by atomic mass is 32.2. The average Bonchev–Trinajstić information content (AvgIpc) is 3.88. The van der Waals surface area contributed by atoms with Crippen molar-refractivity contribution in [3.63, 3.8) is 0 Å². The van der Waals surface area contributed by atoms with E-state index in [2.05, 4.69) is 16.0 Å². The molecule has 1 aliphatic rings. The Morgan fingerprint density at radius 1 is 0.980 bits per heavy atom. The van der Waals surface area contributed by atoms with E-state index in [0.717, 1.165) is 23.4 Å². The standard InChI is InChI=1S/C35H33FN4O10S/c1-37-34(45)32-25-13-24(20-6-7-20)26(14-29(25)50-33(32)21-8-10-23(36)11-9-21)40(51(2,48)49)18-31(44)39-17-30(43)38-16-19-4-3-5-22(12-19)27(41)15-28(42)35(46)47/h3-5,8-15,20,42H,6-7,16-18H2,1-2H3,(H,37,45)(H,38,43)(H,39,44)(H,46,47)/b28-15-. The van der Waals surface area contributed by atoms with Gasteiger partial charge in [0.2, 0.25) is 27.6 Å². The summed E-state index contributed by atoms with van der Waals surface area (Å²) < 4.78 is 46.9. The molecule has 1 aromatic heterocycles. The summed E-state index contributed by atoms with van der Waals surface area (Å²) >= 11 is 0. The van der Waals surface area contributed by atoms with Gasteiger partial charge in [-0.05, 0) is 66.3 Å². The minimum absolute atomic E-state index is 0.0446. The molecule has 1 heterocycles. The number of aliphatic hydroxyl groups is 1. The quantitative estimate of drug-likeness (QED) is 0.0728. The number of rotatable bonds is 14. The lowest BCUT2D eigenvalue weighted by Crippen LogP contribution is -2.44. The van der Waals surface area contributed by atoms with Gasteiger partial charge in [0, 0.05) is 42.2 Å². The number of allylic oxidation sites excluding steroid dienone is 1. The number of aliphatic carboxylic acids is 1. The topological polar surface area (TPSA) is 212 Å². The largest absolute Gasteiger partial charge is 0.502 e. The molecule has 1 saturated carbocycles. The van der Waals surface area contributed by atoms with Crippen molar-refractivity contribution in [2.75, 3.05) is 30.7 Å². The molecule has 5 N–H and O–H groups in total. The maximum absolute atomic E-state index is 13.7. The zero-order chi connectivity index (χ0) is 37.0. The molecule has 5 rings (SSSR count). The van der Waals surface area contributed by atoms with E-state index in [-0.39, 0.29) is 40.6 Å². The van der Waals surface area contributed by atoms with Crippen LogP contribution in [0.4, 0.5) is 10.1 Å². The van der Waals surface area contributed by atoms with Gasteiger partial charge >= 0.3 is 5.97 Å². The number of nitrogens with zero attached hydrogens (tertiary/aromatic N) is 1. The van der Waals surface area contributed by atoms with Gasteiger partial charge in [0.15, 0.2) is 5.78 Å². The number of carbonyl (C=O) groups is 5. The van der Waals surface area contributed by atoms with Gasteiger partial charge < -0.3 is 30.6 Å². The highest BCUT2D eigenvalue weighted by molar-refractivity contribution is 7.92. The highest BCUT2D eigenvalue weighted by Crippen LogP contribution is 2.48. The number of benzene rings is 3. The fourth-order valence-electron chi connectivity index (χ4n) is 5.35. The van der Waals surface area contributed by atoms with Crippen LogP contribution < -0.4 is 20.3 Å². The monoisotopic (exact) mass is 720 g/mol. The number of fused-ring (bicyclic) bond motifs is 1. The number of amides is 3. The van der Waals surface area contributed by atoms with E-state index in [4.69, 9.17) is 9.52 Å². The summed E-state index contributed by atoms with van der Waals surface area (Å²) in [5, 5.41) is 26.1. The Bertz CT molecular complexity index is 2190. The molecule has 4 aromatic rings. The minimum Gasteiger partial charge on any atom is -0.502 e. The van der Waals surface area contributed by atoms with Crippen LogP contribution >= 0.6 is 0 Å². The lowest BCUT2D eigenvalue weighted by atomic mass is 10.0. The average molecular weight is 721 g/mol. The van der Waals surface area contributed by atoms with Crippen molar-refractivity contribution in [1.29, 1.82) is 0 Å². The van der Waals surface area contributed by atoms with Crippen LogP contribution in [0, 0.1) is 5.82 Å². The molecule has 0 aliphatic heterocycles. The number of furan rings is 1. The van der Waals surface area contributed by atoms with E-state index in [1.807, 2.05) is 0 Å². The number of carboxylic acids is 1. The van der Waals surface area contributed by atoms with Gasteiger partial charge in [-0.15, -0.1) is 0 Å². The van der Waals surface area contributed by atoms with Crippen LogP contribution in [0.15, 0.2) is 76.9 Å². The number of halogens is 1. The molecule has 16 heteroatoms. The third-order valence-electron chi connectivity index (χ3n) is 8.01. The summed E-state index contributed by atoms with van der Waals surface area (Å²) in [5.74, 6) is -5.79. The number of anilines is 1. The summed E-state index contributed by atoms with van der Waals surface area (Å²) in [7, 11) is -2.62. The van der Waals surface area contributed by atoms with Crippen molar-refractivity contribution in [3.8, 4) is 11.3 Å². The second-order valence-corrected chi connectivity index (χ2v) is 13.7. The first-order chi connectivity index (χ1) is 24.2. The molecule has 0 atom stereocenters. The lowest BCUT2D eigenvalue weighted by Gasteiger charge is -2.24. The second-order valence-electron chi connectivity index (χ2n) is 11.8. The first-order valence-electron chi connectivity index (χ1n) is 15.5. The summed E-state index contributed by atoms with van der Waals surface area (Å²) in [6.45, 7) is -1.24. The summed E-state index contributed by atoms with van der Waals surface area (Å²) in [4.78, 5) is 61.7. The second kappa shape index (κ2) is 14.8. The Kier molecular flexibility index (Phi) is 10.5. The fourth-order valence-corrected chi connectivity index (χ4v) is 6.22. The van der Waals surface area contributed by atoms with E-state index in [0.29, 0.717) is 28.2 Å². The van der Waals surface area contributed by atoms with Crippen LogP contribution in [0.2, 0.25) is 0 Å². The molecule has 14 nitrogen and oxygen atoms in total. The predicted molar refractivity (Wildman–Crippen MR) is 183 cm³/mol. The van der Waals surface area contributed by atoms with Crippen LogP contribution in [0.25, 0.3) is 22.3 Å². The molecule has 0 bridgehead atoms. The molecule has 0 saturated heterocycles. The number of hydrogen-bond donors (Lipinski definition) is 5. The number of aliphatic hydroxyl groups excluding tert-OH is 1. The molecule has 1 aliphatic carbocycles. The van der Waals surface area contributed by atoms with Crippen molar-refractivity contribution in [3.05, 3.63) is 101 Å². The molecule has 0 unspecified atom stereocenters. The third-order valence-corrected chi connectivity index (χ3v) is 9.13. The van der Waals surface area contributed by atoms with Crippen LogP contribution in [0.1, 0.15) is 50.6 Å². The zero-order valence-corrected chi connectivity index (χ0v) is 28.2. The molecule has 0 spiro atoms. The van der Waals surface area contributed by atoms with Crippen LogP contribution in [0.5, 0.6) is 0 Å². The van der Waals surface area contributed by atoms with E-state index < -0.39 is 64.2 Å². The normalized spacial score (nSPS) is 13.0. The van der Waals surface area contributed by atoms with E-state index in [1.54, 1.807) is 12.1 Å². The van der Waals surface area contributed by atoms with Gasteiger partial charge in [-0.25, -0.2) is 17.6 Å². The van der Waals surface area contributed by atoms with Gasteiger partial charge in [-0.3, -0.25) is 23.5 Å². The van der Waals surface area contributed by atoms with Gasteiger partial charge in [0.25, 0.3) is 5.91 Å². The maximum Gasteiger partial charge on any atom is 0.371 e. The molecule has 0 radical (unpaired) electrons. The molecule has 1 fully saturated rings. The van der Waals surface area contributed by atoms with Crippen LogP contribution in [-0.4, -0.2) is 74.5 Å². The Labute approximate surface area is 291 Å². The number of nitrogens with one attached hydrogen (secondary N) is 3. The molecule has 3 aromatic carbocycles.